The van der Waals surface area contributed by atoms with E-state index in [0.29, 0.717) is 0 Å². The highest BCUT2D eigenvalue weighted by Crippen LogP contribution is 2.20. The number of anilines is 1. The van der Waals surface area contributed by atoms with Gasteiger partial charge >= 0.3 is 0 Å². The normalized spacial score (nSPS) is 18.5. The van der Waals surface area contributed by atoms with Gasteiger partial charge in [-0.3, -0.25) is 4.90 Å². The van der Waals surface area contributed by atoms with Crippen molar-refractivity contribution in [3.05, 3.63) is 17.0 Å². The van der Waals surface area contributed by atoms with Crippen molar-refractivity contribution >= 4 is 21.7 Å². The van der Waals surface area contributed by atoms with Gasteiger partial charge < -0.3 is 4.90 Å². The molecule has 94 valence electrons. The first kappa shape index (κ1) is 12.8. The molecule has 0 aromatic carbocycles. The van der Waals surface area contributed by atoms with Crippen LogP contribution < -0.4 is 4.90 Å². The molecule has 1 aromatic rings. The first-order valence-electron chi connectivity index (χ1n) is 5.94. The average molecular weight is 299 g/mol. The van der Waals surface area contributed by atoms with Crippen molar-refractivity contribution in [2.45, 2.75) is 26.3 Å². The molecule has 2 heterocycles. The van der Waals surface area contributed by atoms with Gasteiger partial charge in [0.25, 0.3) is 0 Å². The molecule has 0 N–H and O–H groups in total. The van der Waals surface area contributed by atoms with E-state index < -0.39 is 0 Å². The van der Waals surface area contributed by atoms with Gasteiger partial charge in [-0.15, -0.1) is 0 Å². The molecule has 1 aliphatic rings. The third-order valence-corrected chi connectivity index (χ3v) is 3.61. The van der Waals surface area contributed by atoms with Crippen molar-refractivity contribution in [3.63, 3.8) is 0 Å². The molecule has 0 spiro atoms. The number of rotatable bonds is 1. The lowest BCUT2D eigenvalue weighted by atomic mass is 10.1. The van der Waals surface area contributed by atoms with Crippen molar-refractivity contribution in [2.24, 2.45) is 0 Å². The Hall–Kier alpha value is -0.680. The summed E-state index contributed by atoms with van der Waals surface area (Å²) < 4.78 is 0.848. The van der Waals surface area contributed by atoms with Crippen LogP contribution in [0.5, 0.6) is 0 Å². The SMILES string of the molecule is CC(C)(C)N1CCN(c2cc(Br)ncn2)CC1. The molecule has 0 unspecified atom stereocenters. The molecule has 1 aliphatic heterocycles. The van der Waals surface area contributed by atoms with E-state index >= 15 is 0 Å². The Bertz CT molecular complexity index is 380. The summed E-state index contributed by atoms with van der Waals surface area (Å²) in [7, 11) is 0. The maximum absolute atomic E-state index is 4.32. The summed E-state index contributed by atoms with van der Waals surface area (Å²) in [6, 6.07) is 1.98. The van der Waals surface area contributed by atoms with E-state index in [-0.39, 0.29) is 5.54 Å². The van der Waals surface area contributed by atoms with Crippen LogP contribution in [-0.4, -0.2) is 46.6 Å². The smallest absolute Gasteiger partial charge is 0.133 e. The van der Waals surface area contributed by atoms with Gasteiger partial charge in [0.2, 0.25) is 0 Å². The Morgan fingerprint density at radius 3 is 2.29 bits per heavy atom. The van der Waals surface area contributed by atoms with Crippen LogP contribution in [0.15, 0.2) is 17.0 Å². The minimum atomic E-state index is 0.262. The first-order valence-corrected chi connectivity index (χ1v) is 6.74. The molecule has 4 nitrogen and oxygen atoms in total. The van der Waals surface area contributed by atoms with Gasteiger partial charge in [-0.2, -0.15) is 0 Å². The van der Waals surface area contributed by atoms with E-state index in [0.717, 1.165) is 36.6 Å². The quantitative estimate of drug-likeness (QED) is 0.744. The summed E-state index contributed by atoms with van der Waals surface area (Å²) in [6.07, 6.45) is 1.61. The second kappa shape index (κ2) is 4.90. The maximum atomic E-state index is 4.32. The minimum absolute atomic E-state index is 0.262. The van der Waals surface area contributed by atoms with Crippen LogP contribution in [0.4, 0.5) is 5.82 Å². The summed E-state index contributed by atoms with van der Waals surface area (Å²) in [5.74, 6) is 1.01. The van der Waals surface area contributed by atoms with E-state index in [1.807, 2.05) is 6.07 Å². The van der Waals surface area contributed by atoms with Gasteiger partial charge in [0.15, 0.2) is 0 Å². The lowest BCUT2D eigenvalue weighted by Gasteiger charge is -2.42. The van der Waals surface area contributed by atoms with Crippen LogP contribution in [0.3, 0.4) is 0 Å². The molecule has 0 amide bonds. The van der Waals surface area contributed by atoms with Crippen LogP contribution in [0.1, 0.15) is 20.8 Å². The van der Waals surface area contributed by atoms with Crippen LogP contribution in [0.25, 0.3) is 0 Å². The summed E-state index contributed by atoms with van der Waals surface area (Å²) in [6.45, 7) is 11.0. The number of nitrogens with zero attached hydrogens (tertiary/aromatic N) is 4. The fraction of sp³-hybridized carbons (Fsp3) is 0.667. The first-order chi connectivity index (χ1) is 7.97. The molecule has 0 bridgehead atoms. The van der Waals surface area contributed by atoms with Gasteiger partial charge in [-0.05, 0) is 36.7 Å². The van der Waals surface area contributed by atoms with E-state index in [2.05, 4.69) is 56.5 Å². The van der Waals surface area contributed by atoms with Crippen molar-refractivity contribution in [2.75, 3.05) is 31.1 Å². The monoisotopic (exact) mass is 298 g/mol. The van der Waals surface area contributed by atoms with Crippen LogP contribution >= 0.6 is 15.9 Å². The fourth-order valence-electron chi connectivity index (χ4n) is 2.10. The number of halogens is 1. The molecule has 2 rings (SSSR count). The summed E-state index contributed by atoms with van der Waals surface area (Å²) in [5, 5.41) is 0. The van der Waals surface area contributed by atoms with Gasteiger partial charge in [-0.1, -0.05) is 0 Å². The molecule has 0 radical (unpaired) electrons. The topological polar surface area (TPSA) is 32.3 Å². The standard InChI is InChI=1S/C12H19BrN4/c1-12(2,3)17-6-4-16(5-7-17)11-8-10(13)14-9-15-11/h8-9H,4-7H2,1-3H3. The molecule has 17 heavy (non-hydrogen) atoms. The highest BCUT2D eigenvalue weighted by molar-refractivity contribution is 9.10. The molecule has 1 aromatic heterocycles. The molecular formula is C12H19BrN4. The van der Waals surface area contributed by atoms with Crippen molar-refractivity contribution in [1.29, 1.82) is 0 Å². The summed E-state index contributed by atoms with van der Waals surface area (Å²) in [5.41, 5.74) is 0.262. The third-order valence-electron chi connectivity index (χ3n) is 3.17. The van der Waals surface area contributed by atoms with E-state index in [1.165, 1.54) is 0 Å². The Labute approximate surface area is 111 Å². The summed E-state index contributed by atoms with van der Waals surface area (Å²) >= 11 is 3.38. The molecular weight excluding hydrogens is 280 g/mol. The second-order valence-corrected chi connectivity index (χ2v) is 6.16. The Kier molecular flexibility index (Phi) is 3.68. The zero-order valence-corrected chi connectivity index (χ0v) is 12.2. The van der Waals surface area contributed by atoms with Crippen LogP contribution in [0, 0.1) is 0 Å². The number of hydrogen-bond acceptors (Lipinski definition) is 4. The van der Waals surface area contributed by atoms with Crippen LogP contribution in [-0.2, 0) is 0 Å². The highest BCUT2D eigenvalue weighted by Gasteiger charge is 2.26. The molecule has 1 fully saturated rings. The van der Waals surface area contributed by atoms with Crippen LogP contribution in [0.2, 0.25) is 0 Å². The lowest BCUT2D eigenvalue weighted by Crippen LogP contribution is -2.53. The zero-order chi connectivity index (χ0) is 12.5. The second-order valence-electron chi connectivity index (χ2n) is 5.34. The van der Waals surface area contributed by atoms with Gasteiger partial charge in [0.1, 0.15) is 16.7 Å². The Morgan fingerprint density at radius 1 is 1.12 bits per heavy atom. The minimum Gasteiger partial charge on any atom is -0.354 e. The molecule has 0 aliphatic carbocycles. The predicted octanol–water partition coefficient (Wildman–Crippen LogP) is 2.16. The largest absolute Gasteiger partial charge is 0.354 e. The predicted molar refractivity (Wildman–Crippen MR) is 73.3 cm³/mol. The van der Waals surface area contributed by atoms with E-state index in [1.54, 1.807) is 6.33 Å². The van der Waals surface area contributed by atoms with E-state index in [4.69, 9.17) is 0 Å². The van der Waals surface area contributed by atoms with Gasteiger partial charge in [-0.25, -0.2) is 9.97 Å². The molecule has 0 saturated carbocycles. The number of aromatic nitrogens is 2. The number of hydrogen-bond donors (Lipinski definition) is 0. The van der Waals surface area contributed by atoms with Gasteiger partial charge in [0, 0.05) is 37.8 Å². The third kappa shape index (κ3) is 3.16. The molecule has 5 heteroatoms. The summed E-state index contributed by atoms with van der Waals surface area (Å²) in [4.78, 5) is 13.2. The Balaban J connectivity index is 2.00. The van der Waals surface area contributed by atoms with Gasteiger partial charge in [0.05, 0.1) is 0 Å². The highest BCUT2D eigenvalue weighted by atomic mass is 79.9. The molecule has 1 saturated heterocycles. The van der Waals surface area contributed by atoms with E-state index in [9.17, 15) is 0 Å². The molecule has 0 atom stereocenters. The maximum Gasteiger partial charge on any atom is 0.133 e. The van der Waals surface area contributed by atoms with Crippen molar-refractivity contribution in [1.82, 2.24) is 14.9 Å². The lowest BCUT2D eigenvalue weighted by molar-refractivity contribution is 0.128. The Morgan fingerprint density at radius 2 is 1.76 bits per heavy atom. The average Bonchev–Trinajstić information content (AvgIpc) is 2.28. The zero-order valence-electron chi connectivity index (χ0n) is 10.6. The van der Waals surface area contributed by atoms with Crippen molar-refractivity contribution < 1.29 is 0 Å². The number of piperazine rings is 1. The van der Waals surface area contributed by atoms with Crippen molar-refractivity contribution in [3.8, 4) is 0 Å². The fourth-order valence-corrected chi connectivity index (χ4v) is 2.40.